The van der Waals surface area contributed by atoms with Crippen molar-refractivity contribution in [2.24, 2.45) is 5.73 Å². The Balaban J connectivity index is 1.68. The molecule has 0 aliphatic carbocycles. The van der Waals surface area contributed by atoms with Crippen LogP contribution in [0.25, 0.3) is 10.9 Å². The second kappa shape index (κ2) is 9.04. The number of benzene rings is 2. The highest BCUT2D eigenvalue weighted by Crippen LogP contribution is 2.29. The highest BCUT2D eigenvalue weighted by atomic mass is 16.5. The van der Waals surface area contributed by atoms with E-state index < -0.39 is 0 Å². The van der Waals surface area contributed by atoms with E-state index in [2.05, 4.69) is 30.0 Å². The van der Waals surface area contributed by atoms with Gasteiger partial charge in [0, 0.05) is 24.0 Å². The van der Waals surface area contributed by atoms with Crippen molar-refractivity contribution < 1.29 is 9.47 Å². The maximum atomic E-state index is 6.01. The lowest BCUT2D eigenvalue weighted by atomic mass is 10.1. The summed E-state index contributed by atoms with van der Waals surface area (Å²) in [6, 6.07) is 15.8. The number of pyridine rings is 1. The molecule has 0 aliphatic rings. The van der Waals surface area contributed by atoms with Crippen LogP contribution in [0.3, 0.4) is 0 Å². The topological polar surface area (TPSA) is 60.6 Å². The molecule has 0 spiro atoms. The first kappa shape index (κ1) is 20.1. The Morgan fingerprint density at radius 2 is 1.89 bits per heavy atom. The van der Waals surface area contributed by atoms with E-state index in [4.69, 9.17) is 15.2 Å². The lowest BCUT2D eigenvalue weighted by Gasteiger charge is -2.13. The summed E-state index contributed by atoms with van der Waals surface area (Å²) in [5.41, 5.74) is 8.96. The monoisotopic (exact) mass is 379 g/mol. The molecule has 1 aromatic heterocycles. The number of aryl methyl sites for hydroxylation is 1. The molecule has 148 valence electrons. The summed E-state index contributed by atoms with van der Waals surface area (Å²) in [6.07, 6.45) is 0.996. The summed E-state index contributed by atoms with van der Waals surface area (Å²) < 4.78 is 11.8. The number of nitrogens with two attached hydrogens (primary N) is 1. The molecule has 0 saturated heterocycles. The van der Waals surface area contributed by atoms with Gasteiger partial charge in [-0.1, -0.05) is 6.07 Å². The van der Waals surface area contributed by atoms with Crippen molar-refractivity contribution in [3.63, 3.8) is 0 Å². The van der Waals surface area contributed by atoms with Crippen LogP contribution in [-0.2, 0) is 0 Å². The Bertz CT molecular complexity index is 938. The number of hydrogen-bond acceptors (Lipinski definition) is 5. The second-order valence-corrected chi connectivity index (χ2v) is 7.42. The van der Waals surface area contributed by atoms with Gasteiger partial charge in [-0.2, -0.15) is 0 Å². The van der Waals surface area contributed by atoms with E-state index >= 15 is 0 Å². The number of ether oxygens (including phenoxy) is 2. The van der Waals surface area contributed by atoms with Crippen LogP contribution in [0, 0.1) is 6.92 Å². The average molecular weight is 380 g/mol. The standard InChI is InChI=1S/C23H29N3O2/c1-16-14-20(27-13-5-12-26(3)4)8-10-22(16)28-23-11-7-19-15-18(17(2)24)6-9-21(19)25-23/h6-11,14-15,17H,5,12-13,24H2,1-4H3. The van der Waals surface area contributed by atoms with Crippen LogP contribution in [0.5, 0.6) is 17.4 Å². The zero-order chi connectivity index (χ0) is 20.1. The van der Waals surface area contributed by atoms with Gasteiger partial charge >= 0.3 is 0 Å². The summed E-state index contributed by atoms with van der Waals surface area (Å²) in [5.74, 6) is 2.21. The molecule has 3 rings (SSSR count). The molecule has 3 aromatic rings. The first-order valence-corrected chi connectivity index (χ1v) is 9.65. The van der Waals surface area contributed by atoms with E-state index in [-0.39, 0.29) is 6.04 Å². The molecule has 28 heavy (non-hydrogen) atoms. The molecule has 0 radical (unpaired) electrons. The van der Waals surface area contributed by atoms with Crippen LogP contribution in [0.1, 0.15) is 30.5 Å². The minimum absolute atomic E-state index is 0.00610. The number of nitrogens with zero attached hydrogens (tertiary/aromatic N) is 2. The summed E-state index contributed by atoms with van der Waals surface area (Å²) >= 11 is 0. The molecule has 1 unspecified atom stereocenters. The van der Waals surface area contributed by atoms with Gasteiger partial charge in [-0.3, -0.25) is 0 Å². The predicted octanol–water partition coefficient (Wildman–Crippen LogP) is 4.69. The molecule has 1 atom stereocenters. The van der Waals surface area contributed by atoms with E-state index in [1.54, 1.807) is 0 Å². The van der Waals surface area contributed by atoms with Gasteiger partial charge in [0.05, 0.1) is 12.1 Å². The van der Waals surface area contributed by atoms with Crippen LogP contribution in [0.15, 0.2) is 48.5 Å². The third kappa shape index (κ3) is 5.21. The largest absolute Gasteiger partial charge is 0.494 e. The van der Waals surface area contributed by atoms with Crippen LogP contribution in [0.2, 0.25) is 0 Å². The number of fused-ring (bicyclic) bond motifs is 1. The van der Waals surface area contributed by atoms with Crippen molar-refractivity contribution in [2.75, 3.05) is 27.2 Å². The van der Waals surface area contributed by atoms with Gasteiger partial charge in [-0.15, -0.1) is 0 Å². The minimum Gasteiger partial charge on any atom is -0.494 e. The van der Waals surface area contributed by atoms with E-state index in [0.29, 0.717) is 12.5 Å². The summed E-state index contributed by atoms with van der Waals surface area (Å²) in [4.78, 5) is 6.77. The number of hydrogen-bond donors (Lipinski definition) is 1. The Morgan fingerprint density at radius 1 is 1.07 bits per heavy atom. The maximum Gasteiger partial charge on any atom is 0.219 e. The molecular weight excluding hydrogens is 350 g/mol. The first-order valence-electron chi connectivity index (χ1n) is 9.65. The van der Waals surface area contributed by atoms with Gasteiger partial charge in [0.1, 0.15) is 11.5 Å². The summed E-state index contributed by atoms with van der Waals surface area (Å²) in [6.45, 7) is 5.70. The quantitative estimate of drug-likeness (QED) is 0.576. The van der Waals surface area contributed by atoms with Crippen molar-refractivity contribution in [1.29, 1.82) is 0 Å². The maximum absolute atomic E-state index is 6.01. The number of aromatic nitrogens is 1. The van der Waals surface area contributed by atoms with Crippen molar-refractivity contribution in [3.8, 4) is 17.4 Å². The van der Waals surface area contributed by atoms with Crippen LogP contribution in [0.4, 0.5) is 0 Å². The van der Waals surface area contributed by atoms with Gasteiger partial charge in [0.15, 0.2) is 0 Å². The van der Waals surface area contributed by atoms with Crippen molar-refractivity contribution in [1.82, 2.24) is 9.88 Å². The molecule has 2 aromatic carbocycles. The molecule has 0 saturated carbocycles. The van der Waals surface area contributed by atoms with E-state index in [1.807, 2.05) is 56.3 Å². The molecular formula is C23H29N3O2. The molecule has 0 aliphatic heterocycles. The van der Waals surface area contributed by atoms with E-state index in [1.165, 1.54) is 0 Å². The van der Waals surface area contributed by atoms with Crippen LogP contribution in [-0.4, -0.2) is 37.1 Å². The lowest BCUT2D eigenvalue weighted by Crippen LogP contribution is -2.15. The van der Waals surface area contributed by atoms with Gasteiger partial charge in [-0.05, 0) is 81.9 Å². The molecule has 0 amide bonds. The molecule has 5 nitrogen and oxygen atoms in total. The van der Waals surface area contributed by atoms with E-state index in [9.17, 15) is 0 Å². The average Bonchev–Trinajstić information content (AvgIpc) is 2.66. The third-order valence-corrected chi connectivity index (χ3v) is 4.59. The van der Waals surface area contributed by atoms with Gasteiger partial charge < -0.3 is 20.1 Å². The minimum atomic E-state index is 0.00610. The zero-order valence-corrected chi connectivity index (χ0v) is 17.1. The normalized spacial score (nSPS) is 12.4. The highest BCUT2D eigenvalue weighted by Gasteiger charge is 2.07. The molecule has 0 fully saturated rings. The third-order valence-electron chi connectivity index (χ3n) is 4.59. The first-order chi connectivity index (χ1) is 13.4. The van der Waals surface area contributed by atoms with Crippen molar-refractivity contribution in [2.45, 2.75) is 26.3 Å². The SMILES string of the molecule is Cc1cc(OCCCN(C)C)ccc1Oc1ccc2cc(C(C)N)ccc2n1. The van der Waals surface area contributed by atoms with Crippen molar-refractivity contribution >= 4 is 10.9 Å². The highest BCUT2D eigenvalue weighted by molar-refractivity contribution is 5.80. The Morgan fingerprint density at radius 3 is 2.61 bits per heavy atom. The van der Waals surface area contributed by atoms with Crippen LogP contribution >= 0.6 is 0 Å². The molecule has 1 heterocycles. The molecule has 0 bridgehead atoms. The zero-order valence-electron chi connectivity index (χ0n) is 17.1. The fourth-order valence-electron chi connectivity index (χ4n) is 2.98. The van der Waals surface area contributed by atoms with Gasteiger partial charge in [-0.25, -0.2) is 4.98 Å². The fourth-order valence-corrected chi connectivity index (χ4v) is 2.98. The fraction of sp³-hybridized carbons (Fsp3) is 0.348. The Kier molecular flexibility index (Phi) is 6.49. The second-order valence-electron chi connectivity index (χ2n) is 7.42. The van der Waals surface area contributed by atoms with E-state index in [0.717, 1.165) is 46.5 Å². The Hall–Kier alpha value is -2.63. The van der Waals surface area contributed by atoms with Crippen LogP contribution < -0.4 is 15.2 Å². The van der Waals surface area contributed by atoms with Gasteiger partial charge in [0.25, 0.3) is 0 Å². The number of rotatable bonds is 8. The molecule has 5 heteroatoms. The van der Waals surface area contributed by atoms with Gasteiger partial charge in [0.2, 0.25) is 5.88 Å². The smallest absolute Gasteiger partial charge is 0.219 e. The summed E-state index contributed by atoms with van der Waals surface area (Å²) in [5, 5.41) is 1.06. The Labute approximate surface area is 167 Å². The van der Waals surface area contributed by atoms with Crippen molar-refractivity contribution in [3.05, 3.63) is 59.7 Å². The molecule has 2 N–H and O–H groups in total. The predicted molar refractivity (Wildman–Crippen MR) is 114 cm³/mol. The lowest BCUT2D eigenvalue weighted by molar-refractivity contribution is 0.281. The summed E-state index contributed by atoms with van der Waals surface area (Å²) in [7, 11) is 4.13.